The van der Waals surface area contributed by atoms with Gasteiger partial charge in [-0.1, -0.05) is 41.7 Å². The van der Waals surface area contributed by atoms with Gasteiger partial charge in [0.1, 0.15) is 0 Å². The lowest BCUT2D eigenvalue weighted by Crippen LogP contribution is -2.27. The molecule has 1 heterocycles. The van der Waals surface area contributed by atoms with Crippen molar-refractivity contribution in [2.75, 3.05) is 14.1 Å². The predicted octanol–water partition coefficient (Wildman–Crippen LogP) is 3.23. The Labute approximate surface area is 126 Å². The zero-order chi connectivity index (χ0) is 14.8. The summed E-state index contributed by atoms with van der Waals surface area (Å²) in [7, 11) is 3.13. The highest BCUT2D eigenvalue weighted by Crippen LogP contribution is 2.37. The first-order chi connectivity index (χ1) is 8.66. The van der Waals surface area contributed by atoms with E-state index in [9.17, 15) is 4.79 Å². The van der Waals surface area contributed by atoms with E-state index in [1.165, 1.54) is 4.90 Å². The zero-order valence-electron chi connectivity index (χ0n) is 11.0. The van der Waals surface area contributed by atoms with Crippen LogP contribution in [0.1, 0.15) is 24.0 Å². The molecule has 19 heavy (non-hydrogen) atoms. The first-order valence-electron chi connectivity index (χ1n) is 5.50. The van der Waals surface area contributed by atoms with Crippen molar-refractivity contribution in [3.8, 4) is 5.88 Å². The number of ether oxygens (including phenoxy) is 1. The van der Waals surface area contributed by atoms with Crippen molar-refractivity contribution in [3.63, 3.8) is 0 Å². The fourth-order valence-electron chi connectivity index (χ4n) is 1.36. The number of hydrogen-bond donors (Lipinski definition) is 0. The smallest absolute Gasteiger partial charge is 0.391 e. The summed E-state index contributed by atoms with van der Waals surface area (Å²) in [6, 6.07) is 0. The summed E-state index contributed by atoms with van der Waals surface area (Å²) in [4.78, 5) is 21.0. The van der Waals surface area contributed by atoms with Crippen molar-refractivity contribution < 1.29 is 9.53 Å². The van der Waals surface area contributed by atoms with Gasteiger partial charge in [0.15, 0.2) is 5.82 Å². The molecule has 0 saturated heterocycles. The molecule has 0 N–H and O–H groups in total. The summed E-state index contributed by atoms with van der Waals surface area (Å²) >= 11 is 17.3. The van der Waals surface area contributed by atoms with E-state index in [4.69, 9.17) is 39.5 Å². The van der Waals surface area contributed by atoms with E-state index in [1.807, 2.05) is 6.92 Å². The molecule has 8 heteroatoms. The number of alkyl halides is 3. The van der Waals surface area contributed by atoms with Gasteiger partial charge in [-0.3, -0.25) is 0 Å². The van der Waals surface area contributed by atoms with Crippen LogP contribution in [-0.4, -0.2) is 35.1 Å². The number of carbonyl (C=O) groups excluding carboxylic acids is 1. The van der Waals surface area contributed by atoms with Gasteiger partial charge in [-0.25, -0.2) is 9.78 Å². The molecule has 1 rings (SSSR count). The fourth-order valence-corrected chi connectivity index (χ4v) is 1.62. The molecular weight excluding hydrogens is 312 g/mol. The first-order valence-corrected chi connectivity index (χ1v) is 6.64. The number of carbonyl (C=O) groups is 1. The van der Waals surface area contributed by atoms with Gasteiger partial charge in [0, 0.05) is 25.4 Å². The Morgan fingerprint density at radius 2 is 1.89 bits per heavy atom. The number of rotatable bonds is 2. The summed E-state index contributed by atoms with van der Waals surface area (Å²) in [6.45, 7) is 3.64. The maximum Gasteiger partial charge on any atom is 0.416 e. The number of halogens is 3. The van der Waals surface area contributed by atoms with Gasteiger partial charge in [0.25, 0.3) is 0 Å². The second-order valence-electron chi connectivity index (χ2n) is 4.03. The third-order valence-corrected chi connectivity index (χ3v) is 2.84. The van der Waals surface area contributed by atoms with Gasteiger partial charge in [0.2, 0.25) is 9.67 Å². The Kier molecular flexibility index (Phi) is 5.24. The van der Waals surface area contributed by atoms with Crippen molar-refractivity contribution in [1.82, 2.24) is 14.9 Å². The van der Waals surface area contributed by atoms with E-state index in [0.29, 0.717) is 17.7 Å². The average molecular weight is 327 g/mol. The molecule has 106 valence electrons. The summed E-state index contributed by atoms with van der Waals surface area (Å²) < 4.78 is 3.41. The SMILES string of the molecule is CCc1c(C)nc(C(Cl)(Cl)Cl)nc1OC(=O)N(C)C. The van der Waals surface area contributed by atoms with Gasteiger partial charge in [-0.15, -0.1) is 0 Å². The van der Waals surface area contributed by atoms with Crippen molar-refractivity contribution >= 4 is 40.9 Å². The molecule has 0 unspecified atom stereocenters. The van der Waals surface area contributed by atoms with Crippen molar-refractivity contribution in [3.05, 3.63) is 17.1 Å². The summed E-state index contributed by atoms with van der Waals surface area (Å²) in [5, 5.41) is 0. The molecule has 0 aliphatic carbocycles. The van der Waals surface area contributed by atoms with Crippen LogP contribution >= 0.6 is 34.8 Å². The molecule has 0 saturated carbocycles. The quantitative estimate of drug-likeness (QED) is 0.783. The van der Waals surface area contributed by atoms with Crippen molar-refractivity contribution in [2.24, 2.45) is 0 Å². The number of hydrogen-bond acceptors (Lipinski definition) is 4. The number of aromatic nitrogens is 2. The summed E-state index contributed by atoms with van der Waals surface area (Å²) in [5.41, 5.74) is 1.31. The molecule has 0 aliphatic heterocycles. The first kappa shape index (κ1) is 16.3. The third-order valence-electron chi connectivity index (χ3n) is 2.33. The highest BCUT2D eigenvalue weighted by molar-refractivity contribution is 6.66. The van der Waals surface area contributed by atoms with E-state index < -0.39 is 9.89 Å². The third kappa shape index (κ3) is 4.09. The highest BCUT2D eigenvalue weighted by Gasteiger charge is 2.29. The van der Waals surface area contributed by atoms with Gasteiger partial charge in [0.05, 0.1) is 0 Å². The standard InChI is InChI=1S/C11H14Cl3N3O2/c1-5-7-6(2)15-9(11(12,13)14)16-8(7)19-10(18)17(3)4/h5H2,1-4H3. The van der Waals surface area contributed by atoms with Crippen LogP contribution < -0.4 is 4.74 Å². The van der Waals surface area contributed by atoms with Crippen molar-refractivity contribution in [1.29, 1.82) is 0 Å². The Bertz CT molecular complexity index is 487. The van der Waals surface area contributed by atoms with Gasteiger partial charge in [-0.05, 0) is 13.3 Å². The molecule has 5 nitrogen and oxygen atoms in total. The Morgan fingerprint density at radius 3 is 2.32 bits per heavy atom. The van der Waals surface area contributed by atoms with Crippen LogP contribution in [0.25, 0.3) is 0 Å². The van der Waals surface area contributed by atoms with Crippen LogP contribution in [0.2, 0.25) is 0 Å². The Morgan fingerprint density at radius 1 is 1.32 bits per heavy atom. The lowest BCUT2D eigenvalue weighted by Gasteiger charge is -2.16. The number of aryl methyl sites for hydroxylation is 1. The molecular formula is C11H14Cl3N3O2. The minimum absolute atomic E-state index is 0.0197. The van der Waals surface area contributed by atoms with Crippen LogP contribution in [0.3, 0.4) is 0 Å². The monoisotopic (exact) mass is 325 g/mol. The van der Waals surface area contributed by atoms with E-state index in [0.717, 1.165) is 0 Å². The fraction of sp³-hybridized carbons (Fsp3) is 0.545. The maximum atomic E-state index is 11.6. The minimum atomic E-state index is -1.77. The molecule has 1 aromatic rings. The second kappa shape index (κ2) is 6.11. The van der Waals surface area contributed by atoms with Crippen LogP contribution in [0.4, 0.5) is 4.79 Å². The van der Waals surface area contributed by atoms with E-state index in [-0.39, 0.29) is 11.7 Å². The highest BCUT2D eigenvalue weighted by atomic mass is 35.6. The lowest BCUT2D eigenvalue weighted by atomic mass is 10.2. The lowest BCUT2D eigenvalue weighted by molar-refractivity contribution is 0.169. The van der Waals surface area contributed by atoms with E-state index >= 15 is 0 Å². The molecule has 0 bridgehead atoms. The molecule has 0 radical (unpaired) electrons. The Hall–Kier alpha value is -0.780. The summed E-state index contributed by atoms with van der Waals surface area (Å²) in [5.74, 6) is 0.101. The molecule has 1 amide bonds. The van der Waals surface area contributed by atoms with Crippen LogP contribution in [0.15, 0.2) is 0 Å². The van der Waals surface area contributed by atoms with Crippen molar-refractivity contribution in [2.45, 2.75) is 24.1 Å². The minimum Gasteiger partial charge on any atom is -0.391 e. The molecule has 0 aromatic carbocycles. The molecule has 0 atom stereocenters. The average Bonchev–Trinajstić information content (AvgIpc) is 2.27. The van der Waals surface area contributed by atoms with Gasteiger partial charge < -0.3 is 9.64 Å². The van der Waals surface area contributed by atoms with E-state index in [1.54, 1.807) is 21.0 Å². The van der Waals surface area contributed by atoms with Crippen LogP contribution in [0, 0.1) is 6.92 Å². The van der Waals surface area contributed by atoms with E-state index in [2.05, 4.69) is 9.97 Å². The second-order valence-corrected chi connectivity index (χ2v) is 6.31. The zero-order valence-corrected chi connectivity index (χ0v) is 13.3. The normalized spacial score (nSPS) is 11.3. The molecule has 1 aromatic heterocycles. The Balaban J connectivity index is 3.27. The summed E-state index contributed by atoms with van der Waals surface area (Å²) in [6.07, 6.45) is 0.0465. The maximum absolute atomic E-state index is 11.6. The number of nitrogens with zero attached hydrogens (tertiary/aromatic N) is 3. The van der Waals surface area contributed by atoms with Crippen LogP contribution in [-0.2, 0) is 10.2 Å². The molecule has 0 fully saturated rings. The largest absolute Gasteiger partial charge is 0.416 e. The predicted molar refractivity (Wildman–Crippen MR) is 75.1 cm³/mol. The molecule has 0 spiro atoms. The molecule has 0 aliphatic rings. The topological polar surface area (TPSA) is 55.3 Å². The van der Waals surface area contributed by atoms with Crippen LogP contribution in [0.5, 0.6) is 5.88 Å². The van der Waals surface area contributed by atoms with Gasteiger partial charge in [-0.2, -0.15) is 4.98 Å². The number of amides is 1. The van der Waals surface area contributed by atoms with Gasteiger partial charge >= 0.3 is 6.09 Å².